The van der Waals surface area contributed by atoms with Gasteiger partial charge in [-0.2, -0.15) is 0 Å². The second kappa shape index (κ2) is 8.71. The predicted octanol–water partition coefficient (Wildman–Crippen LogP) is 4.39. The highest BCUT2D eigenvalue weighted by atomic mass is 16.5. The maximum atomic E-state index is 11.6. The molecule has 3 heteroatoms. The second-order valence-corrected chi connectivity index (χ2v) is 6.07. The van der Waals surface area contributed by atoms with Gasteiger partial charge in [-0.25, -0.2) is 0 Å². The minimum atomic E-state index is -0.442. The van der Waals surface area contributed by atoms with E-state index in [9.17, 15) is 4.79 Å². The van der Waals surface area contributed by atoms with E-state index in [-0.39, 0.29) is 5.97 Å². The lowest BCUT2D eigenvalue weighted by molar-refractivity contribution is -0.151. The van der Waals surface area contributed by atoms with Gasteiger partial charge in [0, 0.05) is 0 Å². The number of carbonyl (C=O) groups excluding carboxylic acids is 1. The molecule has 0 atom stereocenters. The van der Waals surface area contributed by atoms with Crippen molar-refractivity contribution < 1.29 is 14.3 Å². The fraction of sp³-hybridized carbons (Fsp3) is 0.611. The van der Waals surface area contributed by atoms with Crippen LogP contribution in [0.25, 0.3) is 0 Å². The van der Waals surface area contributed by atoms with Crippen molar-refractivity contribution in [1.82, 2.24) is 0 Å². The zero-order valence-corrected chi connectivity index (χ0v) is 13.8. The van der Waals surface area contributed by atoms with Crippen molar-refractivity contribution >= 4 is 5.97 Å². The van der Waals surface area contributed by atoms with Crippen LogP contribution in [0.3, 0.4) is 0 Å². The van der Waals surface area contributed by atoms with Gasteiger partial charge in [-0.05, 0) is 57.2 Å². The molecule has 1 rings (SSSR count). The first kappa shape index (κ1) is 17.5. The molecule has 3 nitrogen and oxygen atoms in total. The summed E-state index contributed by atoms with van der Waals surface area (Å²) in [5.74, 6) is 0.730. The third-order valence-corrected chi connectivity index (χ3v) is 3.70. The van der Waals surface area contributed by atoms with Crippen LogP contribution in [0.1, 0.15) is 52.0 Å². The molecule has 0 heterocycles. The minimum absolute atomic E-state index is 0.164. The maximum absolute atomic E-state index is 11.6. The molecule has 0 bridgehead atoms. The van der Waals surface area contributed by atoms with Gasteiger partial charge < -0.3 is 9.47 Å². The Kier molecular flexibility index (Phi) is 7.27. The molecule has 0 unspecified atom stereocenters. The Morgan fingerprint density at radius 1 is 1.14 bits per heavy atom. The van der Waals surface area contributed by atoms with Gasteiger partial charge >= 0.3 is 5.97 Å². The number of esters is 1. The number of methoxy groups -OCH3 is 1. The van der Waals surface area contributed by atoms with Crippen molar-refractivity contribution in [3.63, 3.8) is 0 Å². The average Bonchev–Trinajstić information content (AvgIpc) is 2.49. The number of hydrogen-bond acceptors (Lipinski definition) is 3. The molecular weight excluding hydrogens is 264 g/mol. The number of rotatable bonds is 9. The summed E-state index contributed by atoms with van der Waals surface area (Å²) >= 11 is 0. The molecule has 0 radical (unpaired) electrons. The van der Waals surface area contributed by atoms with Gasteiger partial charge in [0.2, 0.25) is 0 Å². The Labute approximate surface area is 128 Å². The third kappa shape index (κ3) is 6.19. The summed E-state index contributed by atoms with van der Waals surface area (Å²) in [5, 5.41) is 0. The summed E-state index contributed by atoms with van der Waals surface area (Å²) < 4.78 is 10.5. The van der Waals surface area contributed by atoms with Crippen LogP contribution in [0.2, 0.25) is 0 Å². The van der Waals surface area contributed by atoms with Crippen LogP contribution in [-0.4, -0.2) is 19.7 Å². The monoisotopic (exact) mass is 292 g/mol. The van der Waals surface area contributed by atoms with Crippen LogP contribution in [0.4, 0.5) is 0 Å². The molecule has 0 amide bonds. The van der Waals surface area contributed by atoms with E-state index in [1.165, 1.54) is 25.5 Å². The van der Waals surface area contributed by atoms with E-state index in [2.05, 4.69) is 19.1 Å². The molecule has 21 heavy (non-hydrogen) atoms. The summed E-state index contributed by atoms with van der Waals surface area (Å²) in [6.07, 6.45) is 5.16. The molecular formula is C18H28O3. The molecule has 0 fully saturated rings. The van der Waals surface area contributed by atoms with Crippen LogP contribution < -0.4 is 4.74 Å². The van der Waals surface area contributed by atoms with Gasteiger partial charge in [-0.1, -0.05) is 25.5 Å². The van der Waals surface area contributed by atoms with Crippen molar-refractivity contribution in [1.29, 1.82) is 0 Å². The highest BCUT2D eigenvalue weighted by Crippen LogP contribution is 2.24. The highest BCUT2D eigenvalue weighted by Gasteiger charge is 2.27. The van der Waals surface area contributed by atoms with Crippen LogP contribution in [0.15, 0.2) is 24.3 Å². The molecule has 0 N–H and O–H groups in total. The van der Waals surface area contributed by atoms with Gasteiger partial charge in [0.1, 0.15) is 5.75 Å². The predicted molar refractivity (Wildman–Crippen MR) is 85.6 cm³/mol. The Morgan fingerprint density at radius 3 is 2.38 bits per heavy atom. The Morgan fingerprint density at radius 2 is 1.81 bits per heavy atom. The molecule has 0 spiro atoms. The number of unbranched alkanes of at least 4 members (excludes halogenated alkanes) is 1. The number of benzene rings is 1. The summed E-state index contributed by atoms with van der Waals surface area (Å²) in [7, 11) is 1.43. The summed E-state index contributed by atoms with van der Waals surface area (Å²) in [5.41, 5.74) is 0.915. The smallest absolute Gasteiger partial charge is 0.311 e. The Bertz CT molecular complexity index is 421. The van der Waals surface area contributed by atoms with E-state index < -0.39 is 5.41 Å². The zero-order valence-electron chi connectivity index (χ0n) is 13.8. The number of aryl methyl sites for hydroxylation is 1. The molecule has 0 saturated heterocycles. The minimum Gasteiger partial charge on any atom is -0.494 e. The van der Waals surface area contributed by atoms with Gasteiger partial charge in [0.15, 0.2) is 0 Å². The van der Waals surface area contributed by atoms with Crippen molar-refractivity contribution in [2.45, 2.75) is 52.9 Å². The van der Waals surface area contributed by atoms with Gasteiger partial charge in [0.25, 0.3) is 0 Å². The Hall–Kier alpha value is -1.51. The largest absolute Gasteiger partial charge is 0.494 e. The maximum Gasteiger partial charge on any atom is 0.311 e. The molecule has 118 valence electrons. The van der Waals surface area contributed by atoms with E-state index in [1.54, 1.807) is 0 Å². The summed E-state index contributed by atoms with van der Waals surface area (Å²) in [6, 6.07) is 8.31. The van der Waals surface area contributed by atoms with Gasteiger partial charge in [-0.15, -0.1) is 0 Å². The Balaban J connectivity index is 2.31. The molecule has 0 aromatic heterocycles. The van der Waals surface area contributed by atoms with Crippen molar-refractivity contribution in [2.24, 2.45) is 5.41 Å². The first-order valence-electron chi connectivity index (χ1n) is 7.79. The summed E-state index contributed by atoms with van der Waals surface area (Å²) in [4.78, 5) is 11.6. The summed E-state index contributed by atoms with van der Waals surface area (Å²) in [6.45, 7) is 6.63. The fourth-order valence-corrected chi connectivity index (χ4v) is 2.22. The van der Waals surface area contributed by atoms with E-state index in [0.717, 1.165) is 25.0 Å². The van der Waals surface area contributed by atoms with Gasteiger partial charge in [0.05, 0.1) is 19.1 Å². The number of carbonyl (C=O) groups is 1. The third-order valence-electron chi connectivity index (χ3n) is 3.70. The van der Waals surface area contributed by atoms with Crippen LogP contribution in [-0.2, 0) is 16.0 Å². The van der Waals surface area contributed by atoms with E-state index in [4.69, 9.17) is 9.47 Å². The lowest BCUT2D eigenvalue weighted by Gasteiger charge is -2.21. The van der Waals surface area contributed by atoms with Crippen LogP contribution in [0, 0.1) is 5.41 Å². The van der Waals surface area contributed by atoms with Crippen LogP contribution >= 0.6 is 0 Å². The van der Waals surface area contributed by atoms with Crippen molar-refractivity contribution in [2.75, 3.05) is 13.7 Å². The first-order valence-corrected chi connectivity index (χ1v) is 7.79. The second-order valence-electron chi connectivity index (χ2n) is 6.07. The molecule has 1 aromatic rings. The average molecular weight is 292 g/mol. The topological polar surface area (TPSA) is 35.5 Å². The molecule has 0 saturated carbocycles. The quantitative estimate of drug-likeness (QED) is 0.500. The van der Waals surface area contributed by atoms with Crippen LogP contribution in [0.5, 0.6) is 5.75 Å². The van der Waals surface area contributed by atoms with E-state index in [1.807, 2.05) is 26.0 Å². The standard InChI is InChI=1S/C18H28O3/c1-5-6-8-15-9-11-16(12-10-15)21-14-7-13-18(2,3)17(19)20-4/h9-12H,5-8,13-14H2,1-4H3. The molecule has 0 aliphatic heterocycles. The fourth-order valence-electron chi connectivity index (χ4n) is 2.22. The lowest BCUT2D eigenvalue weighted by atomic mass is 9.88. The SMILES string of the molecule is CCCCc1ccc(OCCCC(C)(C)C(=O)OC)cc1. The zero-order chi connectivity index (χ0) is 15.7. The normalized spacial score (nSPS) is 11.2. The molecule has 0 aliphatic rings. The van der Waals surface area contributed by atoms with E-state index in [0.29, 0.717) is 6.61 Å². The van der Waals surface area contributed by atoms with Crippen molar-refractivity contribution in [3.05, 3.63) is 29.8 Å². The van der Waals surface area contributed by atoms with Gasteiger partial charge in [-0.3, -0.25) is 4.79 Å². The lowest BCUT2D eigenvalue weighted by Crippen LogP contribution is -2.26. The highest BCUT2D eigenvalue weighted by molar-refractivity contribution is 5.75. The molecule has 1 aromatic carbocycles. The molecule has 0 aliphatic carbocycles. The van der Waals surface area contributed by atoms with E-state index >= 15 is 0 Å². The first-order chi connectivity index (χ1) is 9.99. The van der Waals surface area contributed by atoms with Crippen molar-refractivity contribution in [3.8, 4) is 5.75 Å². The number of ether oxygens (including phenoxy) is 2. The number of hydrogen-bond donors (Lipinski definition) is 0.